The lowest BCUT2D eigenvalue weighted by molar-refractivity contribution is 0.344. The van der Waals surface area contributed by atoms with Crippen LogP contribution in [-0.2, 0) is 12.8 Å². The van der Waals surface area contributed by atoms with Crippen LogP contribution in [0, 0.1) is 0 Å². The minimum Gasteiger partial charge on any atom is -0.316 e. The van der Waals surface area contributed by atoms with E-state index < -0.39 is 0 Å². The molecule has 1 fully saturated rings. The lowest BCUT2D eigenvalue weighted by Crippen LogP contribution is -2.17. The fourth-order valence-electron chi connectivity index (χ4n) is 3.24. The largest absolute Gasteiger partial charge is 0.316 e. The van der Waals surface area contributed by atoms with Gasteiger partial charge in [0.15, 0.2) is 0 Å². The van der Waals surface area contributed by atoms with E-state index in [1.807, 2.05) is 0 Å². The molecule has 0 atom stereocenters. The summed E-state index contributed by atoms with van der Waals surface area (Å²) in [6.07, 6.45) is 11.6. The van der Waals surface area contributed by atoms with Gasteiger partial charge in [-0.05, 0) is 50.1 Å². The molecule has 1 saturated carbocycles. The summed E-state index contributed by atoms with van der Waals surface area (Å²) in [4.78, 5) is 4.55. The number of aryl methyl sites for hydroxylation is 1. The highest BCUT2D eigenvalue weighted by molar-refractivity contribution is 6.28. The van der Waals surface area contributed by atoms with Crippen molar-refractivity contribution in [2.24, 2.45) is 0 Å². The van der Waals surface area contributed by atoms with Gasteiger partial charge in [0.25, 0.3) is 0 Å². The molecule has 0 bridgehead atoms. The van der Waals surface area contributed by atoms with E-state index in [2.05, 4.69) is 9.55 Å². The van der Waals surface area contributed by atoms with Gasteiger partial charge in [-0.2, -0.15) is 0 Å². The fourth-order valence-corrected chi connectivity index (χ4v) is 3.58. The highest BCUT2D eigenvalue weighted by atomic mass is 35.5. The Morgan fingerprint density at radius 2 is 1.75 bits per heavy atom. The van der Waals surface area contributed by atoms with Crippen LogP contribution in [0.15, 0.2) is 0 Å². The highest BCUT2D eigenvalue weighted by Gasteiger charge is 2.25. The second kappa shape index (κ2) is 4.40. The Kier molecular flexibility index (Phi) is 2.93. The van der Waals surface area contributed by atoms with Crippen LogP contribution in [0.2, 0.25) is 5.28 Å². The first-order valence-corrected chi connectivity index (χ1v) is 6.99. The highest BCUT2D eigenvalue weighted by Crippen LogP contribution is 2.35. The van der Waals surface area contributed by atoms with Gasteiger partial charge in [0, 0.05) is 11.7 Å². The van der Waals surface area contributed by atoms with E-state index in [1.165, 1.54) is 62.8 Å². The Bertz CT molecular complexity index is 378. The molecule has 0 saturated heterocycles. The van der Waals surface area contributed by atoms with E-state index >= 15 is 0 Å². The van der Waals surface area contributed by atoms with E-state index in [1.54, 1.807) is 0 Å². The van der Waals surface area contributed by atoms with Crippen LogP contribution < -0.4 is 0 Å². The monoisotopic (exact) mass is 238 g/mol. The maximum Gasteiger partial charge on any atom is 0.203 e. The number of halogens is 1. The topological polar surface area (TPSA) is 17.8 Å². The van der Waals surface area contributed by atoms with Gasteiger partial charge in [0.2, 0.25) is 5.28 Å². The molecular weight excluding hydrogens is 220 g/mol. The first-order chi connectivity index (χ1) is 7.86. The minimum absolute atomic E-state index is 0.635. The third-order valence-electron chi connectivity index (χ3n) is 4.07. The van der Waals surface area contributed by atoms with Crippen molar-refractivity contribution in [2.75, 3.05) is 0 Å². The predicted molar refractivity (Wildman–Crippen MR) is 66.0 cm³/mol. The van der Waals surface area contributed by atoms with E-state index in [0.717, 1.165) is 11.7 Å². The smallest absolute Gasteiger partial charge is 0.203 e. The zero-order valence-corrected chi connectivity index (χ0v) is 10.5. The Hall–Kier alpha value is -0.500. The summed E-state index contributed by atoms with van der Waals surface area (Å²) in [5.41, 5.74) is 2.73. The first-order valence-electron chi connectivity index (χ1n) is 6.62. The first kappa shape index (κ1) is 10.6. The number of nitrogens with zero attached hydrogens (tertiary/aromatic N) is 2. The van der Waals surface area contributed by atoms with Crippen LogP contribution in [-0.4, -0.2) is 9.55 Å². The average molecular weight is 239 g/mol. The molecule has 1 heterocycles. The summed E-state index contributed by atoms with van der Waals surface area (Å²) in [5, 5.41) is 0.749. The molecule has 1 aromatic heterocycles. The number of aromatic nitrogens is 2. The molecule has 0 radical (unpaired) electrons. The molecule has 1 aromatic rings. The molecule has 3 rings (SSSR count). The number of imidazole rings is 1. The third kappa shape index (κ3) is 1.77. The molecule has 88 valence electrons. The van der Waals surface area contributed by atoms with Crippen LogP contribution in [0.3, 0.4) is 0 Å². The fraction of sp³-hybridized carbons (Fsp3) is 0.769. The molecule has 0 unspecified atom stereocenters. The quantitative estimate of drug-likeness (QED) is 0.725. The third-order valence-corrected chi connectivity index (χ3v) is 4.33. The number of fused-ring (bicyclic) bond motifs is 1. The summed E-state index contributed by atoms with van der Waals surface area (Å²) in [6.45, 7) is 0. The maximum atomic E-state index is 6.32. The molecule has 0 aliphatic heterocycles. The SMILES string of the molecule is Clc1nc2c(n1C1CCCCC1)CCCC2. The van der Waals surface area contributed by atoms with E-state index in [9.17, 15) is 0 Å². The lowest BCUT2D eigenvalue weighted by atomic mass is 9.94. The normalized spacial score (nSPS) is 22.1. The number of hydrogen-bond acceptors (Lipinski definition) is 1. The van der Waals surface area contributed by atoms with Crippen molar-refractivity contribution < 1.29 is 0 Å². The van der Waals surface area contributed by atoms with Gasteiger partial charge in [-0.3, -0.25) is 0 Å². The Balaban J connectivity index is 1.95. The molecular formula is C13H19ClN2. The maximum absolute atomic E-state index is 6.32. The van der Waals surface area contributed by atoms with Gasteiger partial charge in [0.1, 0.15) is 0 Å². The molecule has 0 N–H and O–H groups in total. The van der Waals surface area contributed by atoms with Crippen LogP contribution in [0.1, 0.15) is 62.4 Å². The Morgan fingerprint density at radius 1 is 1.00 bits per heavy atom. The van der Waals surface area contributed by atoms with Crippen molar-refractivity contribution in [2.45, 2.75) is 63.8 Å². The van der Waals surface area contributed by atoms with Gasteiger partial charge in [-0.1, -0.05) is 19.3 Å². The second-order valence-corrected chi connectivity index (χ2v) is 5.48. The van der Waals surface area contributed by atoms with E-state index in [4.69, 9.17) is 11.6 Å². The average Bonchev–Trinajstić information content (AvgIpc) is 2.66. The summed E-state index contributed by atoms with van der Waals surface area (Å²) < 4.78 is 2.36. The molecule has 2 aliphatic rings. The van der Waals surface area contributed by atoms with E-state index in [-0.39, 0.29) is 0 Å². The van der Waals surface area contributed by atoms with Crippen molar-refractivity contribution in [3.05, 3.63) is 16.7 Å². The van der Waals surface area contributed by atoms with Crippen LogP contribution in [0.25, 0.3) is 0 Å². The molecule has 0 amide bonds. The Labute approximate surface area is 102 Å². The van der Waals surface area contributed by atoms with Gasteiger partial charge < -0.3 is 4.57 Å². The summed E-state index contributed by atoms with van der Waals surface area (Å²) in [6, 6.07) is 0.635. The van der Waals surface area contributed by atoms with Gasteiger partial charge >= 0.3 is 0 Å². The molecule has 16 heavy (non-hydrogen) atoms. The van der Waals surface area contributed by atoms with Gasteiger partial charge in [-0.15, -0.1) is 0 Å². The summed E-state index contributed by atoms with van der Waals surface area (Å²) in [5.74, 6) is 0. The van der Waals surface area contributed by atoms with Crippen molar-refractivity contribution >= 4 is 11.6 Å². The standard InChI is InChI=1S/C13H19ClN2/c14-13-15-11-8-4-5-9-12(11)16(13)10-6-2-1-3-7-10/h10H,1-9H2. The van der Waals surface area contributed by atoms with E-state index in [0.29, 0.717) is 6.04 Å². The van der Waals surface area contributed by atoms with Crippen LogP contribution >= 0.6 is 11.6 Å². The molecule has 2 nitrogen and oxygen atoms in total. The molecule has 3 heteroatoms. The zero-order valence-electron chi connectivity index (χ0n) is 9.71. The molecule has 0 spiro atoms. The van der Waals surface area contributed by atoms with Crippen molar-refractivity contribution in [3.8, 4) is 0 Å². The van der Waals surface area contributed by atoms with Crippen LogP contribution in [0.5, 0.6) is 0 Å². The van der Waals surface area contributed by atoms with Gasteiger partial charge in [-0.25, -0.2) is 4.98 Å². The second-order valence-electron chi connectivity index (χ2n) is 5.14. The summed E-state index contributed by atoms with van der Waals surface area (Å²) in [7, 11) is 0. The molecule has 2 aliphatic carbocycles. The Morgan fingerprint density at radius 3 is 2.56 bits per heavy atom. The summed E-state index contributed by atoms with van der Waals surface area (Å²) >= 11 is 6.32. The van der Waals surface area contributed by atoms with Crippen molar-refractivity contribution in [3.63, 3.8) is 0 Å². The van der Waals surface area contributed by atoms with Crippen molar-refractivity contribution in [1.29, 1.82) is 0 Å². The number of rotatable bonds is 1. The lowest BCUT2D eigenvalue weighted by Gasteiger charge is -2.26. The zero-order chi connectivity index (χ0) is 11.0. The van der Waals surface area contributed by atoms with Crippen LogP contribution in [0.4, 0.5) is 0 Å². The van der Waals surface area contributed by atoms with Gasteiger partial charge in [0.05, 0.1) is 5.69 Å². The minimum atomic E-state index is 0.635. The predicted octanol–water partition coefficient (Wildman–Crippen LogP) is 3.92. The van der Waals surface area contributed by atoms with Crippen molar-refractivity contribution in [1.82, 2.24) is 9.55 Å². The number of hydrogen-bond donors (Lipinski definition) is 0. The molecule has 0 aromatic carbocycles.